The second kappa shape index (κ2) is 15.6. The summed E-state index contributed by atoms with van der Waals surface area (Å²) in [6.45, 7) is 9.51. The standard InChI is InChI=1S/C34H42N8O4S2/c1-20(2)13-26-33-39-28(19-48-33)32(45)38-25(14-23-9-7-6-8-10-23)31-35-22(5)40-42(31)17-30(44)37-27(21(3)4)15-41(16-29(43)36-26)34(46)24-11-12-47-18-24/h6-12,18-21,25-27H,13-17H2,1-5H3,(H,36,43)(H,37,44)(H,38,45)/t25-,26-,27+/m0/s1. The summed E-state index contributed by atoms with van der Waals surface area (Å²) < 4.78 is 1.52. The van der Waals surface area contributed by atoms with Gasteiger partial charge in [0, 0.05) is 23.3 Å². The van der Waals surface area contributed by atoms with Crippen LogP contribution in [0.15, 0.2) is 52.5 Å². The average Bonchev–Trinajstić information content (AvgIpc) is 3.81. The summed E-state index contributed by atoms with van der Waals surface area (Å²) in [7, 11) is 0. The number of thiophene rings is 1. The van der Waals surface area contributed by atoms with Crippen molar-refractivity contribution in [1.82, 2.24) is 40.6 Å². The van der Waals surface area contributed by atoms with Crippen molar-refractivity contribution in [2.45, 2.75) is 72.1 Å². The van der Waals surface area contributed by atoms with Crippen LogP contribution in [0, 0.1) is 18.8 Å². The van der Waals surface area contributed by atoms with E-state index in [2.05, 4.69) is 31.0 Å². The van der Waals surface area contributed by atoms with Gasteiger partial charge in [0.05, 0.1) is 24.2 Å². The van der Waals surface area contributed by atoms with Crippen molar-refractivity contribution < 1.29 is 19.2 Å². The second-order valence-electron chi connectivity index (χ2n) is 12.8. The van der Waals surface area contributed by atoms with E-state index in [0.29, 0.717) is 35.1 Å². The SMILES string of the molecule is Cc1nc2n(n1)CC(=O)N[C@@H](C(C)C)CN(C(=O)c1ccsc1)CC(=O)N[C@@H](CC(C)C)c1nc(cs1)C(=O)N[C@H]2Cc1ccccc1. The Morgan fingerprint density at radius 1 is 0.938 bits per heavy atom. The number of hydrogen-bond acceptors (Lipinski definition) is 9. The lowest BCUT2D eigenvalue weighted by molar-refractivity contribution is -0.123. The van der Waals surface area contributed by atoms with Crippen LogP contribution in [0.25, 0.3) is 0 Å². The predicted octanol–water partition coefficient (Wildman–Crippen LogP) is 4.32. The highest BCUT2D eigenvalue weighted by molar-refractivity contribution is 7.10. The summed E-state index contributed by atoms with van der Waals surface area (Å²) in [5, 5.41) is 19.6. The van der Waals surface area contributed by atoms with Gasteiger partial charge in [-0.15, -0.1) is 11.3 Å². The lowest BCUT2D eigenvalue weighted by Crippen LogP contribution is -2.51. The van der Waals surface area contributed by atoms with E-state index in [1.165, 1.54) is 32.3 Å². The van der Waals surface area contributed by atoms with E-state index >= 15 is 0 Å². The molecule has 3 atom stereocenters. The van der Waals surface area contributed by atoms with Gasteiger partial charge < -0.3 is 20.9 Å². The van der Waals surface area contributed by atoms with Crippen molar-refractivity contribution in [2.75, 3.05) is 13.1 Å². The van der Waals surface area contributed by atoms with Gasteiger partial charge in [-0.1, -0.05) is 58.0 Å². The molecule has 4 aromatic rings. The molecule has 5 rings (SSSR count). The molecule has 48 heavy (non-hydrogen) atoms. The summed E-state index contributed by atoms with van der Waals surface area (Å²) in [6.07, 6.45) is 0.992. The molecule has 1 aliphatic heterocycles. The fourth-order valence-corrected chi connectivity index (χ4v) is 7.12. The Labute approximate surface area is 288 Å². The van der Waals surface area contributed by atoms with Gasteiger partial charge >= 0.3 is 0 Å². The summed E-state index contributed by atoms with van der Waals surface area (Å²) in [5.41, 5.74) is 1.66. The number of carbonyl (C=O) groups excluding carboxylic acids is 4. The Hall–Kier alpha value is -4.43. The molecule has 0 spiro atoms. The molecule has 0 saturated heterocycles. The van der Waals surface area contributed by atoms with Crippen LogP contribution < -0.4 is 16.0 Å². The first kappa shape index (κ1) is 34.9. The van der Waals surface area contributed by atoms with E-state index in [-0.39, 0.29) is 54.9 Å². The Morgan fingerprint density at radius 3 is 2.38 bits per heavy atom. The summed E-state index contributed by atoms with van der Waals surface area (Å²) in [6, 6.07) is 9.88. The van der Waals surface area contributed by atoms with Gasteiger partial charge in [0.1, 0.15) is 23.1 Å². The highest BCUT2D eigenvalue weighted by Crippen LogP contribution is 2.26. The number of aryl methyl sites for hydroxylation is 1. The second-order valence-corrected chi connectivity index (χ2v) is 14.5. The van der Waals surface area contributed by atoms with Crippen molar-refractivity contribution in [1.29, 1.82) is 0 Å². The Balaban J connectivity index is 1.55. The topological polar surface area (TPSA) is 151 Å². The van der Waals surface area contributed by atoms with Gasteiger partial charge in [-0.05, 0) is 48.6 Å². The third kappa shape index (κ3) is 8.92. The van der Waals surface area contributed by atoms with Crippen molar-refractivity contribution in [2.24, 2.45) is 11.8 Å². The van der Waals surface area contributed by atoms with Crippen LogP contribution in [0.2, 0.25) is 0 Å². The van der Waals surface area contributed by atoms with E-state index in [4.69, 9.17) is 0 Å². The number of aromatic nitrogens is 4. The summed E-state index contributed by atoms with van der Waals surface area (Å²) >= 11 is 2.70. The van der Waals surface area contributed by atoms with Crippen molar-refractivity contribution in [3.63, 3.8) is 0 Å². The number of amides is 4. The molecule has 14 heteroatoms. The molecular weight excluding hydrogens is 649 g/mol. The molecule has 1 aliphatic rings. The molecule has 3 N–H and O–H groups in total. The Morgan fingerprint density at radius 2 is 1.69 bits per heavy atom. The minimum absolute atomic E-state index is 0.0649. The molecular formula is C34H42N8O4S2. The van der Waals surface area contributed by atoms with Crippen molar-refractivity contribution >= 4 is 46.3 Å². The van der Waals surface area contributed by atoms with Gasteiger partial charge in [0.25, 0.3) is 11.8 Å². The third-order valence-corrected chi connectivity index (χ3v) is 9.69. The quantitative estimate of drug-likeness (QED) is 0.273. The highest BCUT2D eigenvalue weighted by Gasteiger charge is 2.30. The lowest BCUT2D eigenvalue weighted by atomic mass is 10.0. The third-order valence-electron chi connectivity index (χ3n) is 8.05. The molecule has 1 aromatic carbocycles. The number of carbonyl (C=O) groups is 4. The number of fused-ring (bicyclic) bond motifs is 3. The number of thiazole rings is 1. The maximum Gasteiger partial charge on any atom is 0.271 e. The summed E-state index contributed by atoms with van der Waals surface area (Å²) in [4.78, 5) is 65.5. The smallest absolute Gasteiger partial charge is 0.271 e. The molecule has 254 valence electrons. The van der Waals surface area contributed by atoms with Crippen LogP contribution in [0.4, 0.5) is 0 Å². The maximum atomic E-state index is 13.7. The first-order chi connectivity index (χ1) is 23.0. The van der Waals surface area contributed by atoms with Gasteiger partial charge in [-0.3, -0.25) is 19.2 Å². The molecule has 2 bridgehead atoms. The Kier molecular flexibility index (Phi) is 11.4. The zero-order chi connectivity index (χ0) is 34.4. The number of rotatable bonds is 6. The van der Waals surface area contributed by atoms with Crippen LogP contribution in [-0.2, 0) is 22.6 Å². The van der Waals surface area contributed by atoms with Crippen LogP contribution in [0.1, 0.15) is 89.3 Å². The van der Waals surface area contributed by atoms with Gasteiger partial charge in [-0.25, -0.2) is 14.6 Å². The van der Waals surface area contributed by atoms with E-state index < -0.39 is 24.0 Å². The average molecular weight is 691 g/mol. The monoisotopic (exact) mass is 690 g/mol. The van der Waals surface area contributed by atoms with E-state index in [1.54, 1.807) is 23.8 Å². The van der Waals surface area contributed by atoms with Gasteiger partial charge in [0.15, 0.2) is 5.82 Å². The molecule has 4 heterocycles. The Bertz CT molecular complexity index is 1720. The fraction of sp³-hybridized carbons (Fsp3) is 0.441. The molecule has 4 amide bonds. The minimum atomic E-state index is -0.622. The fourth-order valence-electron chi connectivity index (χ4n) is 5.63. The van der Waals surface area contributed by atoms with Crippen molar-refractivity contribution in [3.8, 4) is 0 Å². The lowest BCUT2D eigenvalue weighted by Gasteiger charge is -2.31. The van der Waals surface area contributed by atoms with Gasteiger partial charge in [0.2, 0.25) is 11.8 Å². The predicted molar refractivity (Wildman–Crippen MR) is 185 cm³/mol. The number of nitrogens with one attached hydrogen (secondary N) is 3. The van der Waals surface area contributed by atoms with Gasteiger partial charge in [-0.2, -0.15) is 16.4 Å². The zero-order valence-electron chi connectivity index (χ0n) is 27.8. The largest absolute Gasteiger partial charge is 0.350 e. The van der Waals surface area contributed by atoms with E-state index in [0.717, 1.165) is 5.56 Å². The van der Waals surface area contributed by atoms with Crippen LogP contribution in [0.3, 0.4) is 0 Å². The zero-order valence-corrected chi connectivity index (χ0v) is 29.4. The highest BCUT2D eigenvalue weighted by atomic mass is 32.1. The van der Waals surface area contributed by atoms with Crippen LogP contribution >= 0.6 is 22.7 Å². The molecule has 0 aliphatic carbocycles. The molecule has 0 unspecified atom stereocenters. The minimum Gasteiger partial charge on any atom is -0.350 e. The number of benzene rings is 1. The first-order valence-corrected chi connectivity index (χ1v) is 17.9. The summed E-state index contributed by atoms with van der Waals surface area (Å²) in [5.74, 6) is -0.346. The molecule has 0 radical (unpaired) electrons. The van der Waals surface area contributed by atoms with Crippen LogP contribution in [0.5, 0.6) is 0 Å². The first-order valence-electron chi connectivity index (χ1n) is 16.1. The number of nitrogens with zero attached hydrogens (tertiary/aromatic N) is 5. The molecule has 0 saturated carbocycles. The number of hydrogen-bond donors (Lipinski definition) is 3. The van der Waals surface area contributed by atoms with Crippen molar-refractivity contribution in [3.05, 3.63) is 86.0 Å². The van der Waals surface area contributed by atoms with Crippen LogP contribution in [-0.4, -0.2) is 67.4 Å². The molecule has 12 nitrogen and oxygen atoms in total. The normalized spacial score (nSPS) is 19.7. The molecule has 0 fully saturated rings. The van der Waals surface area contributed by atoms with E-state index in [1.807, 2.05) is 63.4 Å². The van der Waals surface area contributed by atoms with E-state index in [9.17, 15) is 19.2 Å². The maximum absolute atomic E-state index is 13.7. The molecule has 3 aromatic heterocycles.